The molecular formula is C23H32B2O7S2. The lowest BCUT2D eigenvalue weighted by molar-refractivity contribution is -0.0291. The summed E-state index contributed by atoms with van der Waals surface area (Å²) < 4.78 is 32.6. The van der Waals surface area contributed by atoms with Crippen LogP contribution in [0, 0.1) is 10.8 Å². The average Bonchev–Trinajstić information content (AvgIpc) is 3.49. The van der Waals surface area contributed by atoms with Gasteiger partial charge in [-0.25, -0.2) is 0 Å². The number of hydrogen-bond donors (Lipinski definition) is 2. The van der Waals surface area contributed by atoms with Crippen LogP contribution in [0.15, 0.2) is 12.1 Å². The molecule has 2 aromatic heterocycles. The minimum Gasteiger partial charge on any atom is -0.482 e. The molecule has 11 heteroatoms. The number of thiophene rings is 2. The van der Waals surface area contributed by atoms with E-state index in [2.05, 4.69) is 26.8 Å². The molecule has 2 N–H and O–H groups in total. The minimum absolute atomic E-state index is 0.0543. The fourth-order valence-electron chi connectivity index (χ4n) is 4.55. The Balaban J connectivity index is 1.39. The lowest BCUT2D eigenvalue weighted by Gasteiger charge is -2.36. The molecule has 3 aliphatic heterocycles. The lowest BCUT2D eigenvalue weighted by atomic mass is 9.78. The van der Waals surface area contributed by atoms with Gasteiger partial charge < -0.3 is 33.6 Å². The van der Waals surface area contributed by atoms with Crippen molar-refractivity contribution >= 4 is 46.5 Å². The number of hydrogen-bond acceptors (Lipinski definition) is 9. The fourth-order valence-corrected chi connectivity index (χ4v) is 7.09. The van der Waals surface area contributed by atoms with Crippen LogP contribution < -0.4 is 14.3 Å². The second-order valence-corrected chi connectivity index (χ2v) is 12.4. The molecule has 0 saturated carbocycles. The van der Waals surface area contributed by atoms with E-state index in [1.54, 1.807) is 22.7 Å². The molecule has 0 atom stereocenters. The van der Waals surface area contributed by atoms with E-state index < -0.39 is 19.8 Å². The summed E-state index contributed by atoms with van der Waals surface area (Å²) in [5.41, 5.74) is -0.0274. The van der Waals surface area contributed by atoms with E-state index in [1.807, 2.05) is 13.0 Å². The number of aliphatic hydroxyl groups excluding tert-OH is 2. The fraction of sp³-hybridized carbons (Fsp3) is 0.652. The Hall–Kier alpha value is -0.910. The Morgan fingerprint density at radius 1 is 0.794 bits per heavy atom. The predicted molar refractivity (Wildman–Crippen MR) is 135 cm³/mol. The highest BCUT2D eigenvalue weighted by Crippen LogP contribution is 2.50. The quantitative estimate of drug-likeness (QED) is 0.582. The maximum Gasteiger partial charge on any atom is 0.504 e. The molecule has 5 rings (SSSR count). The molecule has 3 aliphatic rings. The first-order chi connectivity index (χ1) is 16.3. The largest absolute Gasteiger partial charge is 0.504 e. The van der Waals surface area contributed by atoms with Crippen LogP contribution in [-0.4, -0.2) is 64.1 Å². The van der Waals surface area contributed by atoms with Crippen molar-refractivity contribution in [2.75, 3.05) is 39.6 Å². The third-order valence-corrected chi connectivity index (χ3v) is 9.95. The van der Waals surface area contributed by atoms with Gasteiger partial charge in [-0.3, -0.25) is 0 Å². The Labute approximate surface area is 209 Å². The normalized spacial score (nSPS) is 22.8. The number of ether oxygens (including phenoxy) is 1. The van der Waals surface area contributed by atoms with E-state index in [0.717, 1.165) is 43.5 Å². The zero-order valence-corrected chi connectivity index (χ0v) is 21.9. The zero-order chi connectivity index (χ0) is 24.1. The first-order valence-electron chi connectivity index (χ1n) is 11.9. The molecule has 5 heterocycles. The summed E-state index contributed by atoms with van der Waals surface area (Å²) in [4.78, 5) is 2.23. The van der Waals surface area contributed by atoms with Crippen molar-refractivity contribution in [3.05, 3.63) is 17.7 Å². The van der Waals surface area contributed by atoms with Gasteiger partial charge in [0.05, 0.1) is 23.0 Å². The smallest absolute Gasteiger partial charge is 0.482 e. The van der Waals surface area contributed by atoms with Crippen molar-refractivity contribution in [2.24, 2.45) is 10.8 Å². The van der Waals surface area contributed by atoms with Crippen molar-refractivity contribution in [3.8, 4) is 15.5 Å². The highest BCUT2D eigenvalue weighted by molar-refractivity contribution is 7.31. The van der Waals surface area contributed by atoms with E-state index in [0.29, 0.717) is 26.4 Å². The standard InChI is InChI=1S/C23H32B2O7S2/c1-5-22(9-26)11-28-24(29-12-22)17-7-15-19(33-17)20-16(32-21(15,3)4)8-18(34-20)25-30-13-23(6-2,10-27)14-31-25/h7-8,26-27H,5-6,9-14H2,1-4H3. The second-order valence-electron chi connectivity index (χ2n) is 10.3. The van der Waals surface area contributed by atoms with Crippen molar-refractivity contribution in [1.29, 1.82) is 0 Å². The van der Waals surface area contributed by atoms with E-state index in [-0.39, 0.29) is 24.0 Å². The van der Waals surface area contributed by atoms with Gasteiger partial charge in [0.25, 0.3) is 0 Å². The van der Waals surface area contributed by atoms with Gasteiger partial charge in [-0.2, -0.15) is 0 Å². The van der Waals surface area contributed by atoms with E-state index in [1.165, 1.54) is 0 Å². The molecule has 0 radical (unpaired) electrons. The van der Waals surface area contributed by atoms with Gasteiger partial charge in [-0.1, -0.05) is 13.8 Å². The van der Waals surface area contributed by atoms with Crippen LogP contribution in [0.5, 0.6) is 5.75 Å². The van der Waals surface area contributed by atoms with Crippen molar-refractivity contribution < 1.29 is 33.6 Å². The number of rotatable bonds is 6. The monoisotopic (exact) mass is 506 g/mol. The molecule has 0 amide bonds. The van der Waals surface area contributed by atoms with Crippen molar-refractivity contribution in [1.82, 2.24) is 0 Å². The van der Waals surface area contributed by atoms with Gasteiger partial charge in [0.2, 0.25) is 0 Å². The van der Waals surface area contributed by atoms with E-state index in [9.17, 15) is 10.2 Å². The molecule has 7 nitrogen and oxygen atoms in total. The highest BCUT2D eigenvalue weighted by atomic mass is 32.1. The maximum absolute atomic E-state index is 9.77. The van der Waals surface area contributed by atoms with Crippen molar-refractivity contribution in [2.45, 2.75) is 46.1 Å². The zero-order valence-electron chi connectivity index (χ0n) is 20.2. The molecule has 0 aliphatic carbocycles. The molecule has 0 spiro atoms. The van der Waals surface area contributed by atoms with Gasteiger partial charge in [0.1, 0.15) is 11.4 Å². The Morgan fingerprint density at radius 2 is 1.26 bits per heavy atom. The molecule has 2 aromatic rings. The topological polar surface area (TPSA) is 86.6 Å². The molecule has 34 heavy (non-hydrogen) atoms. The first kappa shape index (κ1) is 24.8. The van der Waals surface area contributed by atoms with Gasteiger partial charge in [-0.15, -0.1) is 22.7 Å². The summed E-state index contributed by atoms with van der Waals surface area (Å²) in [5, 5.41) is 19.5. The van der Waals surface area contributed by atoms with Gasteiger partial charge in [-0.05, 0) is 38.8 Å². The number of aliphatic hydroxyl groups is 2. The predicted octanol–water partition coefficient (Wildman–Crippen LogP) is 2.37. The third kappa shape index (κ3) is 4.18. The second kappa shape index (κ2) is 9.19. The summed E-state index contributed by atoms with van der Waals surface area (Å²) in [6.45, 7) is 10.2. The van der Waals surface area contributed by atoms with Crippen LogP contribution in [0.2, 0.25) is 0 Å². The Morgan fingerprint density at radius 3 is 1.74 bits per heavy atom. The Kier molecular flexibility index (Phi) is 6.70. The van der Waals surface area contributed by atoms with Crippen LogP contribution in [0.4, 0.5) is 0 Å². The van der Waals surface area contributed by atoms with Gasteiger partial charge >= 0.3 is 14.2 Å². The van der Waals surface area contributed by atoms with Gasteiger partial charge in [0, 0.05) is 52.4 Å². The molecular weight excluding hydrogens is 474 g/mol. The molecule has 0 bridgehead atoms. The summed E-state index contributed by atoms with van der Waals surface area (Å²) in [5.74, 6) is 0.836. The van der Waals surface area contributed by atoms with Crippen LogP contribution in [0.25, 0.3) is 9.75 Å². The summed E-state index contributed by atoms with van der Waals surface area (Å²) in [7, 11) is -0.895. The molecule has 0 aromatic carbocycles. The van der Waals surface area contributed by atoms with E-state index in [4.69, 9.17) is 23.4 Å². The van der Waals surface area contributed by atoms with Crippen LogP contribution >= 0.6 is 22.7 Å². The van der Waals surface area contributed by atoms with Crippen LogP contribution in [0.3, 0.4) is 0 Å². The van der Waals surface area contributed by atoms with Gasteiger partial charge in [0.15, 0.2) is 0 Å². The number of fused-ring (bicyclic) bond motifs is 3. The molecule has 2 fully saturated rings. The summed E-state index contributed by atoms with van der Waals surface area (Å²) in [6, 6.07) is 4.16. The lowest BCUT2D eigenvalue weighted by Crippen LogP contribution is -2.50. The third-order valence-electron chi connectivity index (χ3n) is 7.49. The van der Waals surface area contributed by atoms with Crippen molar-refractivity contribution in [3.63, 3.8) is 0 Å². The molecule has 184 valence electrons. The average molecular weight is 506 g/mol. The first-order valence-corrected chi connectivity index (χ1v) is 13.6. The minimum atomic E-state index is -0.495. The van der Waals surface area contributed by atoms with Crippen LogP contribution in [0.1, 0.15) is 46.1 Å². The highest BCUT2D eigenvalue weighted by Gasteiger charge is 2.44. The summed E-state index contributed by atoms with van der Waals surface area (Å²) in [6.07, 6.45) is 1.61. The summed E-state index contributed by atoms with van der Waals surface area (Å²) >= 11 is 3.30. The maximum atomic E-state index is 9.77. The molecule has 2 saturated heterocycles. The Bertz CT molecular complexity index is 1010. The SMILES string of the molecule is CCC1(CO)COB(c2cc3c(s2)-c2sc(B4OCC(CC)(CO)CO4)cc2C(C)(C)O3)OC1. The molecule has 0 unspecified atom stereocenters. The van der Waals surface area contributed by atoms with Crippen LogP contribution in [-0.2, 0) is 24.2 Å². The van der Waals surface area contributed by atoms with E-state index >= 15 is 0 Å².